The summed E-state index contributed by atoms with van der Waals surface area (Å²) in [6.07, 6.45) is 2.23. The van der Waals surface area contributed by atoms with Gasteiger partial charge in [0.2, 0.25) is 0 Å². The fourth-order valence-electron chi connectivity index (χ4n) is 2.97. The fraction of sp³-hybridized carbons (Fsp3) is 0.200. The second kappa shape index (κ2) is 5.33. The van der Waals surface area contributed by atoms with E-state index in [-0.39, 0.29) is 11.7 Å². The topological polar surface area (TPSA) is 0 Å². The second-order valence-electron chi connectivity index (χ2n) is 5.82. The van der Waals surface area contributed by atoms with E-state index in [0.717, 1.165) is 5.56 Å². The molecule has 21 heavy (non-hydrogen) atoms. The van der Waals surface area contributed by atoms with Crippen LogP contribution in [0.5, 0.6) is 0 Å². The zero-order valence-corrected chi connectivity index (χ0v) is 12.7. The lowest BCUT2D eigenvalue weighted by molar-refractivity contribution is 0.627. The zero-order chi connectivity index (χ0) is 15.0. The highest BCUT2D eigenvalue weighted by Crippen LogP contribution is 2.44. The average Bonchev–Trinajstić information content (AvgIpc) is 2.77. The van der Waals surface area contributed by atoms with Gasteiger partial charge in [-0.05, 0) is 49.6 Å². The van der Waals surface area contributed by atoms with E-state index < -0.39 is 0 Å². The Morgan fingerprint density at radius 1 is 0.810 bits per heavy atom. The van der Waals surface area contributed by atoms with Gasteiger partial charge >= 0.3 is 0 Å². The molecule has 0 radical (unpaired) electrons. The molecule has 106 valence electrons. The van der Waals surface area contributed by atoms with E-state index >= 15 is 0 Å². The lowest BCUT2D eigenvalue weighted by Gasteiger charge is -2.19. The van der Waals surface area contributed by atoms with Crippen molar-refractivity contribution >= 4 is 5.57 Å². The molecule has 0 amide bonds. The first-order chi connectivity index (χ1) is 10.1. The first-order valence-corrected chi connectivity index (χ1v) is 7.28. The Kier molecular flexibility index (Phi) is 3.50. The summed E-state index contributed by atoms with van der Waals surface area (Å²) in [6.45, 7) is 6.43. The van der Waals surface area contributed by atoms with Crippen molar-refractivity contribution in [3.8, 4) is 0 Å². The standard InChI is InChI=1S/C20H19F/c1-13-4-6-17(7-5-13)20-15(3)14(2)12-19(20)16-8-10-18(21)11-9-16/h4-12,20H,1-3H3. The number of hydrogen-bond donors (Lipinski definition) is 0. The summed E-state index contributed by atoms with van der Waals surface area (Å²) in [6, 6.07) is 15.5. The molecular formula is C20H19F. The highest BCUT2D eigenvalue weighted by atomic mass is 19.1. The van der Waals surface area contributed by atoms with Crippen LogP contribution in [0, 0.1) is 12.7 Å². The van der Waals surface area contributed by atoms with Crippen LogP contribution >= 0.6 is 0 Å². The summed E-state index contributed by atoms with van der Waals surface area (Å²) in [5.41, 5.74) is 7.60. The molecule has 1 atom stereocenters. The van der Waals surface area contributed by atoms with Crippen molar-refractivity contribution < 1.29 is 4.39 Å². The molecule has 0 spiro atoms. The van der Waals surface area contributed by atoms with Crippen LogP contribution in [0.2, 0.25) is 0 Å². The van der Waals surface area contributed by atoms with Crippen LogP contribution < -0.4 is 0 Å². The quantitative estimate of drug-likeness (QED) is 0.665. The van der Waals surface area contributed by atoms with E-state index in [1.165, 1.54) is 40.0 Å². The van der Waals surface area contributed by atoms with Gasteiger partial charge in [-0.3, -0.25) is 0 Å². The van der Waals surface area contributed by atoms with Gasteiger partial charge in [0.25, 0.3) is 0 Å². The molecule has 0 heterocycles. The van der Waals surface area contributed by atoms with Crippen LogP contribution in [0.15, 0.2) is 65.8 Å². The summed E-state index contributed by atoms with van der Waals surface area (Å²) in [5, 5.41) is 0. The predicted molar refractivity (Wildman–Crippen MR) is 86.7 cm³/mol. The third-order valence-electron chi connectivity index (χ3n) is 4.33. The smallest absolute Gasteiger partial charge is 0.123 e. The maximum atomic E-state index is 13.2. The predicted octanol–water partition coefficient (Wildman–Crippen LogP) is 5.65. The number of benzene rings is 2. The van der Waals surface area contributed by atoms with E-state index in [2.05, 4.69) is 51.1 Å². The Hall–Kier alpha value is -2.15. The van der Waals surface area contributed by atoms with E-state index in [0.29, 0.717) is 0 Å². The number of aryl methyl sites for hydroxylation is 1. The van der Waals surface area contributed by atoms with Crippen LogP contribution in [-0.4, -0.2) is 0 Å². The Morgan fingerprint density at radius 2 is 1.43 bits per heavy atom. The molecule has 0 saturated heterocycles. The fourth-order valence-corrected chi connectivity index (χ4v) is 2.97. The lowest BCUT2D eigenvalue weighted by Crippen LogP contribution is -2.01. The van der Waals surface area contributed by atoms with Gasteiger partial charge in [0.15, 0.2) is 0 Å². The Bertz CT molecular complexity index is 715. The average molecular weight is 278 g/mol. The normalized spacial score (nSPS) is 18.1. The third-order valence-corrected chi connectivity index (χ3v) is 4.33. The number of rotatable bonds is 2. The monoisotopic (exact) mass is 278 g/mol. The van der Waals surface area contributed by atoms with Gasteiger partial charge in [-0.15, -0.1) is 0 Å². The van der Waals surface area contributed by atoms with Crippen molar-refractivity contribution in [2.45, 2.75) is 26.7 Å². The van der Waals surface area contributed by atoms with E-state index in [1.54, 1.807) is 0 Å². The summed E-state index contributed by atoms with van der Waals surface area (Å²) in [5.74, 6) is 0.0849. The van der Waals surface area contributed by atoms with Gasteiger partial charge in [-0.1, -0.05) is 59.2 Å². The number of allylic oxidation sites excluding steroid dienone is 4. The molecule has 0 saturated carbocycles. The maximum Gasteiger partial charge on any atom is 0.123 e. The minimum absolute atomic E-state index is 0.189. The second-order valence-corrected chi connectivity index (χ2v) is 5.82. The van der Waals surface area contributed by atoms with Gasteiger partial charge in [0, 0.05) is 5.92 Å². The molecule has 1 aliphatic carbocycles. The molecule has 0 N–H and O–H groups in total. The van der Waals surface area contributed by atoms with Gasteiger partial charge in [-0.25, -0.2) is 4.39 Å². The van der Waals surface area contributed by atoms with Crippen molar-refractivity contribution in [1.82, 2.24) is 0 Å². The Labute approximate surface area is 125 Å². The largest absolute Gasteiger partial charge is 0.207 e. The molecule has 2 aromatic carbocycles. The van der Waals surface area contributed by atoms with Crippen molar-refractivity contribution in [2.24, 2.45) is 0 Å². The molecule has 0 aromatic heterocycles. The molecule has 1 aliphatic rings. The van der Waals surface area contributed by atoms with E-state index in [4.69, 9.17) is 0 Å². The summed E-state index contributed by atoms with van der Waals surface area (Å²) in [7, 11) is 0. The van der Waals surface area contributed by atoms with Crippen molar-refractivity contribution in [3.05, 3.63) is 88.3 Å². The minimum atomic E-state index is -0.189. The van der Waals surface area contributed by atoms with Gasteiger partial charge in [0.05, 0.1) is 0 Å². The third kappa shape index (κ3) is 2.56. The van der Waals surface area contributed by atoms with E-state index in [9.17, 15) is 4.39 Å². The van der Waals surface area contributed by atoms with Crippen LogP contribution in [-0.2, 0) is 0 Å². The SMILES string of the molecule is CC1=C(C)C(c2ccc(C)cc2)C(c2ccc(F)cc2)=C1. The molecule has 0 fully saturated rings. The first-order valence-electron chi connectivity index (χ1n) is 7.28. The molecule has 1 unspecified atom stereocenters. The highest BCUT2D eigenvalue weighted by molar-refractivity contribution is 5.80. The van der Waals surface area contributed by atoms with Crippen LogP contribution in [0.25, 0.3) is 5.57 Å². The highest BCUT2D eigenvalue weighted by Gasteiger charge is 2.25. The van der Waals surface area contributed by atoms with Gasteiger partial charge < -0.3 is 0 Å². The molecule has 0 nitrogen and oxygen atoms in total. The van der Waals surface area contributed by atoms with Crippen LogP contribution in [0.3, 0.4) is 0 Å². The Balaban J connectivity index is 2.05. The minimum Gasteiger partial charge on any atom is -0.207 e. The number of halogens is 1. The molecular weight excluding hydrogens is 259 g/mol. The van der Waals surface area contributed by atoms with Crippen LogP contribution in [0.1, 0.15) is 36.5 Å². The summed E-state index contributed by atoms with van der Waals surface area (Å²) < 4.78 is 13.2. The van der Waals surface area contributed by atoms with Crippen LogP contribution in [0.4, 0.5) is 4.39 Å². The van der Waals surface area contributed by atoms with Crippen molar-refractivity contribution in [3.63, 3.8) is 0 Å². The molecule has 3 rings (SSSR count). The maximum absolute atomic E-state index is 13.2. The molecule has 0 aliphatic heterocycles. The first kappa shape index (κ1) is 13.8. The number of hydrogen-bond acceptors (Lipinski definition) is 0. The van der Waals surface area contributed by atoms with Crippen molar-refractivity contribution in [1.29, 1.82) is 0 Å². The van der Waals surface area contributed by atoms with Gasteiger partial charge in [-0.2, -0.15) is 0 Å². The summed E-state index contributed by atoms with van der Waals surface area (Å²) in [4.78, 5) is 0. The summed E-state index contributed by atoms with van der Waals surface area (Å²) >= 11 is 0. The lowest BCUT2D eigenvalue weighted by atomic mass is 9.85. The van der Waals surface area contributed by atoms with Gasteiger partial charge in [0.1, 0.15) is 5.82 Å². The van der Waals surface area contributed by atoms with Crippen molar-refractivity contribution in [2.75, 3.05) is 0 Å². The molecule has 1 heteroatoms. The molecule has 0 bridgehead atoms. The Morgan fingerprint density at radius 3 is 2.05 bits per heavy atom. The zero-order valence-electron chi connectivity index (χ0n) is 12.7. The van der Waals surface area contributed by atoms with E-state index in [1.807, 2.05) is 12.1 Å². The molecule has 2 aromatic rings.